The molecule has 24 heavy (non-hydrogen) atoms. The maximum atomic E-state index is 5.90. The van der Waals surface area contributed by atoms with Crippen molar-refractivity contribution in [2.24, 2.45) is 0 Å². The van der Waals surface area contributed by atoms with Crippen molar-refractivity contribution >= 4 is 11.6 Å². The van der Waals surface area contributed by atoms with Crippen LogP contribution in [-0.2, 0) is 6.54 Å². The number of rotatable bonds is 4. The number of hydrogen-bond acceptors (Lipinski definition) is 5. The Balaban J connectivity index is 1.36. The fourth-order valence-corrected chi connectivity index (χ4v) is 3.24. The van der Waals surface area contributed by atoms with Gasteiger partial charge < -0.3 is 4.42 Å². The molecule has 1 N–H and O–H groups in total. The van der Waals surface area contributed by atoms with Gasteiger partial charge in [-0.15, -0.1) is 10.2 Å². The topological polar surface area (TPSA) is 70.8 Å². The normalized spacial score (nSPS) is 16.5. The third-order valence-electron chi connectivity index (χ3n) is 4.47. The first kappa shape index (κ1) is 15.4. The highest BCUT2D eigenvalue weighted by Gasteiger charge is 2.22. The monoisotopic (exact) mass is 343 g/mol. The van der Waals surface area contributed by atoms with E-state index < -0.39 is 0 Å². The summed E-state index contributed by atoms with van der Waals surface area (Å²) in [5, 5.41) is 16.1. The first-order valence-electron chi connectivity index (χ1n) is 8.08. The third kappa shape index (κ3) is 3.34. The molecule has 6 nitrogen and oxygen atoms in total. The van der Waals surface area contributed by atoms with Crippen molar-refractivity contribution in [3.8, 4) is 11.5 Å². The summed E-state index contributed by atoms with van der Waals surface area (Å²) in [6.45, 7) is 2.72. The van der Waals surface area contributed by atoms with Gasteiger partial charge in [0.15, 0.2) is 0 Å². The molecule has 0 radical (unpaired) electrons. The first-order valence-corrected chi connectivity index (χ1v) is 8.45. The van der Waals surface area contributed by atoms with Crippen molar-refractivity contribution < 1.29 is 4.42 Å². The molecule has 2 aromatic heterocycles. The molecule has 0 bridgehead atoms. The zero-order valence-electron chi connectivity index (χ0n) is 13.2. The second-order valence-corrected chi connectivity index (χ2v) is 6.51. The van der Waals surface area contributed by atoms with Crippen molar-refractivity contribution in [2.75, 3.05) is 13.1 Å². The Labute approximate surface area is 144 Å². The molecule has 1 aliphatic rings. The number of piperidine rings is 1. The molecule has 1 saturated heterocycles. The number of aromatic nitrogens is 4. The number of hydrogen-bond donors (Lipinski definition) is 1. The van der Waals surface area contributed by atoms with Gasteiger partial charge in [0.25, 0.3) is 0 Å². The fraction of sp³-hybridized carbons (Fsp3) is 0.353. The summed E-state index contributed by atoms with van der Waals surface area (Å²) in [5.74, 6) is 1.75. The van der Waals surface area contributed by atoms with E-state index >= 15 is 0 Å². The van der Waals surface area contributed by atoms with Crippen LogP contribution in [0.4, 0.5) is 0 Å². The number of halogens is 1. The van der Waals surface area contributed by atoms with Gasteiger partial charge >= 0.3 is 0 Å². The second-order valence-electron chi connectivity index (χ2n) is 6.07. The van der Waals surface area contributed by atoms with E-state index in [0.717, 1.165) is 31.5 Å². The molecular formula is C17H18ClN5O. The molecule has 124 valence electrons. The molecule has 0 aliphatic carbocycles. The number of H-pyrrole nitrogens is 1. The molecule has 4 rings (SSSR count). The van der Waals surface area contributed by atoms with Crippen molar-refractivity contribution in [3.05, 3.63) is 53.1 Å². The molecule has 1 fully saturated rings. The summed E-state index contributed by atoms with van der Waals surface area (Å²) in [6.07, 6.45) is 4.04. The molecule has 0 amide bonds. The molecule has 0 unspecified atom stereocenters. The minimum atomic E-state index is 0.536. The lowest BCUT2D eigenvalue weighted by atomic mass is 9.94. The Morgan fingerprint density at radius 2 is 1.92 bits per heavy atom. The van der Waals surface area contributed by atoms with Crippen LogP contribution in [0.1, 0.15) is 30.3 Å². The summed E-state index contributed by atoms with van der Waals surface area (Å²) in [7, 11) is 0. The van der Waals surface area contributed by atoms with Crippen LogP contribution in [0.3, 0.4) is 0 Å². The maximum absolute atomic E-state index is 5.90. The highest BCUT2D eigenvalue weighted by atomic mass is 35.5. The lowest BCUT2D eigenvalue weighted by Crippen LogP contribution is -2.32. The molecule has 7 heteroatoms. The van der Waals surface area contributed by atoms with E-state index in [2.05, 4.69) is 31.4 Å². The third-order valence-corrected chi connectivity index (χ3v) is 4.72. The lowest BCUT2D eigenvalue weighted by molar-refractivity contribution is 0.187. The van der Waals surface area contributed by atoms with Crippen LogP contribution >= 0.6 is 11.6 Å². The lowest BCUT2D eigenvalue weighted by Gasteiger charge is -2.30. The molecule has 3 aromatic rings. The van der Waals surface area contributed by atoms with Gasteiger partial charge in [-0.1, -0.05) is 11.6 Å². The van der Waals surface area contributed by atoms with Gasteiger partial charge in [-0.2, -0.15) is 5.10 Å². The minimum absolute atomic E-state index is 0.536. The van der Waals surface area contributed by atoms with Crippen molar-refractivity contribution in [3.63, 3.8) is 0 Å². The summed E-state index contributed by atoms with van der Waals surface area (Å²) < 4.78 is 5.79. The molecule has 3 heterocycles. The van der Waals surface area contributed by atoms with Crippen LogP contribution in [0.25, 0.3) is 11.5 Å². The largest absolute Gasteiger partial charge is 0.419 e. The summed E-state index contributed by atoms with van der Waals surface area (Å²) in [6, 6.07) is 9.48. The van der Waals surface area contributed by atoms with E-state index in [1.54, 1.807) is 0 Å². The van der Waals surface area contributed by atoms with Gasteiger partial charge in [0.2, 0.25) is 11.8 Å². The van der Waals surface area contributed by atoms with Gasteiger partial charge in [-0.3, -0.25) is 10.00 Å². The number of nitrogens with zero attached hydrogens (tertiary/aromatic N) is 4. The smallest absolute Gasteiger partial charge is 0.247 e. The Hall–Kier alpha value is -2.18. The van der Waals surface area contributed by atoms with Gasteiger partial charge in [0.1, 0.15) is 0 Å². The predicted molar refractivity (Wildman–Crippen MR) is 90.6 cm³/mol. The summed E-state index contributed by atoms with van der Waals surface area (Å²) in [5.41, 5.74) is 2.12. The van der Waals surface area contributed by atoms with Crippen LogP contribution < -0.4 is 0 Å². The average Bonchev–Trinajstić information content (AvgIpc) is 3.28. The molecule has 1 aliphatic heterocycles. The Morgan fingerprint density at radius 3 is 2.62 bits per heavy atom. The standard InChI is InChI=1S/C17H18ClN5O/c18-14-3-1-13(2-4-14)17-22-21-16(24-17)11-23-9-6-12(7-10-23)15-5-8-19-20-15/h1-5,8,12H,6-7,9-11H2,(H,19,20). The van der Waals surface area contributed by atoms with Gasteiger partial charge in [-0.25, -0.2) is 0 Å². The number of nitrogens with one attached hydrogen (secondary N) is 1. The molecule has 0 spiro atoms. The Morgan fingerprint density at radius 1 is 1.12 bits per heavy atom. The Bertz CT molecular complexity index is 776. The average molecular weight is 344 g/mol. The molecule has 0 saturated carbocycles. The van der Waals surface area contributed by atoms with Crippen molar-refractivity contribution in [1.82, 2.24) is 25.3 Å². The number of aromatic amines is 1. The molecular weight excluding hydrogens is 326 g/mol. The second kappa shape index (κ2) is 6.75. The van der Waals surface area contributed by atoms with Crippen LogP contribution in [0.2, 0.25) is 5.02 Å². The highest BCUT2D eigenvalue weighted by molar-refractivity contribution is 6.30. The van der Waals surface area contributed by atoms with Gasteiger partial charge in [0, 0.05) is 28.4 Å². The number of likely N-dealkylation sites (tertiary alicyclic amines) is 1. The van der Waals surface area contributed by atoms with Crippen molar-refractivity contribution in [1.29, 1.82) is 0 Å². The quantitative estimate of drug-likeness (QED) is 0.785. The van der Waals surface area contributed by atoms with Crippen LogP contribution in [0.5, 0.6) is 0 Å². The summed E-state index contributed by atoms with van der Waals surface area (Å²) in [4.78, 5) is 2.35. The summed E-state index contributed by atoms with van der Waals surface area (Å²) >= 11 is 5.90. The SMILES string of the molecule is Clc1ccc(-c2nnc(CN3CCC(c4ccn[nH]4)CC3)o2)cc1. The van der Waals surface area contributed by atoms with Gasteiger partial charge in [-0.05, 0) is 56.3 Å². The van der Waals surface area contributed by atoms with E-state index in [-0.39, 0.29) is 0 Å². The van der Waals surface area contributed by atoms with Crippen LogP contribution in [0.15, 0.2) is 40.9 Å². The molecule has 0 atom stereocenters. The fourth-order valence-electron chi connectivity index (χ4n) is 3.11. The first-order chi connectivity index (χ1) is 11.8. The zero-order chi connectivity index (χ0) is 16.4. The predicted octanol–water partition coefficient (Wildman–Crippen LogP) is 3.49. The Kier molecular flexibility index (Phi) is 4.32. The highest BCUT2D eigenvalue weighted by Crippen LogP contribution is 2.27. The van der Waals surface area contributed by atoms with Gasteiger partial charge in [0.05, 0.1) is 6.54 Å². The van der Waals surface area contributed by atoms with E-state index in [9.17, 15) is 0 Å². The van der Waals surface area contributed by atoms with Crippen LogP contribution in [0, 0.1) is 0 Å². The van der Waals surface area contributed by atoms with E-state index in [0.29, 0.717) is 29.3 Å². The van der Waals surface area contributed by atoms with Crippen LogP contribution in [-0.4, -0.2) is 38.4 Å². The van der Waals surface area contributed by atoms with E-state index in [1.807, 2.05) is 30.5 Å². The van der Waals surface area contributed by atoms with E-state index in [4.69, 9.17) is 16.0 Å². The number of benzene rings is 1. The zero-order valence-corrected chi connectivity index (χ0v) is 13.9. The molecule has 1 aromatic carbocycles. The van der Waals surface area contributed by atoms with E-state index in [1.165, 1.54) is 5.69 Å². The minimum Gasteiger partial charge on any atom is -0.419 e. The maximum Gasteiger partial charge on any atom is 0.247 e. The van der Waals surface area contributed by atoms with Crippen molar-refractivity contribution in [2.45, 2.75) is 25.3 Å².